The maximum Gasteiger partial charge on any atom is 0.573 e. The molecule has 0 aliphatic carbocycles. The molecule has 0 bridgehead atoms. The molecular weight excluding hydrogens is 370 g/mol. The van der Waals surface area contributed by atoms with Gasteiger partial charge in [0.25, 0.3) is 0 Å². The van der Waals surface area contributed by atoms with Gasteiger partial charge in [0.1, 0.15) is 17.8 Å². The van der Waals surface area contributed by atoms with E-state index in [0.29, 0.717) is 10.1 Å². The van der Waals surface area contributed by atoms with Gasteiger partial charge in [0.2, 0.25) is 5.71 Å². The number of pyridine rings is 1. The Bertz CT molecular complexity index is 986. The lowest BCUT2D eigenvalue weighted by Gasteiger charge is -2.09. The van der Waals surface area contributed by atoms with E-state index < -0.39 is 30.6 Å². The van der Waals surface area contributed by atoms with Crippen LogP contribution >= 0.6 is 0 Å². The summed E-state index contributed by atoms with van der Waals surface area (Å²) in [5.41, 5.74) is 0.189. The third-order valence-electron chi connectivity index (χ3n) is 3.29. The van der Waals surface area contributed by atoms with Gasteiger partial charge >= 0.3 is 18.3 Å². The van der Waals surface area contributed by atoms with E-state index in [1.54, 1.807) is 0 Å². The number of benzene rings is 1. The third kappa shape index (κ3) is 3.98. The first-order valence-electron chi connectivity index (χ1n) is 6.94. The maximum atomic E-state index is 12.6. The lowest BCUT2D eigenvalue weighted by molar-refractivity contribution is -0.274. The largest absolute Gasteiger partial charge is 0.573 e. The lowest BCUT2D eigenvalue weighted by Crippen LogP contribution is -2.24. The molecule has 0 saturated carbocycles. The minimum absolute atomic E-state index is 0.180. The number of hydrogen-bond donors (Lipinski definition) is 0. The summed E-state index contributed by atoms with van der Waals surface area (Å²) in [5, 5.41) is 0. The molecule has 0 atom stereocenters. The number of alkyl halides is 6. The number of ether oxygens (including phenoxy) is 1. The zero-order chi connectivity index (χ0) is 19.1. The number of rotatable bonds is 3. The second-order valence-corrected chi connectivity index (χ2v) is 5.19. The molecule has 3 rings (SSSR count). The topological polar surface area (TPSA) is 57.3 Å². The second-order valence-electron chi connectivity index (χ2n) is 5.19. The molecule has 0 amide bonds. The van der Waals surface area contributed by atoms with Crippen molar-refractivity contribution in [2.24, 2.45) is 0 Å². The molecule has 0 radical (unpaired) electrons. The molecule has 0 saturated heterocycles. The zero-order valence-electron chi connectivity index (χ0n) is 12.6. The quantitative estimate of drug-likeness (QED) is 0.644. The van der Waals surface area contributed by atoms with Gasteiger partial charge in [-0.2, -0.15) is 13.2 Å². The highest BCUT2D eigenvalue weighted by Gasteiger charge is 2.31. The van der Waals surface area contributed by atoms with E-state index in [4.69, 9.17) is 0 Å². The van der Waals surface area contributed by atoms with Crippen LogP contribution in [-0.4, -0.2) is 22.1 Å². The van der Waals surface area contributed by atoms with Gasteiger partial charge in [0.05, 0.1) is 0 Å². The SMILES string of the molecule is O=c1oc2ncc(-c3ccc(OC(F)(F)F)cc3)cc2n1CC(F)(F)F. The van der Waals surface area contributed by atoms with Gasteiger partial charge in [0.15, 0.2) is 0 Å². The van der Waals surface area contributed by atoms with Crippen molar-refractivity contribution in [3.8, 4) is 16.9 Å². The van der Waals surface area contributed by atoms with Gasteiger partial charge in [-0.25, -0.2) is 9.78 Å². The van der Waals surface area contributed by atoms with Crippen molar-refractivity contribution in [1.82, 2.24) is 9.55 Å². The molecule has 26 heavy (non-hydrogen) atoms. The van der Waals surface area contributed by atoms with Crippen molar-refractivity contribution in [1.29, 1.82) is 0 Å². The van der Waals surface area contributed by atoms with Crippen LogP contribution in [0.25, 0.3) is 22.4 Å². The van der Waals surface area contributed by atoms with Crippen molar-refractivity contribution < 1.29 is 35.5 Å². The van der Waals surface area contributed by atoms with E-state index in [0.717, 1.165) is 12.1 Å². The fourth-order valence-electron chi connectivity index (χ4n) is 2.28. The van der Waals surface area contributed by atoms with Crippen molar-refractivity contribution >= 4 is 11.2 Å². The molecule has 1 aromatic carbocycles. The van der Waals surface area contributed by atoms with E-state index in [1.807, 2.05) is 0 Å². The van der Waals surface area contributed by atoms with Crippen LogP contribution in [0.1, 0.15) is 0 Å². The Morgan fingerprint density at radius 3 is 2.27 bits per heavy atom. The number of aromatic nitrogens is 2. The molecule has 0 spiro atoms. The summed E-state index contributed by atoms with van der Waals surface area (Å²) in [6.07, 6.45) is -8.26. The van der Waals surface area contributed by atoms with E-state index in [9.17, 15) is 31.1 Å². The van der Waals surface area contributed by atoms with Gasteiger partial charge in [-0.05, 0) is 23.8 Å². The Morgan fingerprint density at radius 2 is 1.69 bits per heavy atom. The summed E-state index contributed by atoms with van der Waals surface area (Å²) in [7, 11) is 0. The summed E-state index contributed by atoms with van der Waals surface area (Å²) in [6.45, 7) is -1.55. The van der Waals surface area contributed by atoms with Crippen LogP contribution in [0.4, 0.5) is 26.3 Å². The van der Waals surface area contributed by atoms with Crippen LogP contribution in [0.3, 0.4) is 0 Å². The maximum absolute atomic E-state index is 12.6. The van der Waals surface area contributed by atoms with E-state index in [2.05, 4.69) is 14.1 Å². The van der Waals surface area contributed by atoms with Crippen LogP contribution in [0.2, 0.25) is 0 Å². The molecule has 11 heteroatoms. The Kier molecular flexibility index (Phi) is 4.17. The Hall–Kier alpha value is -2.98. The van der Waals surface area contributed by atoms with Crippen LogP contribution in [0, 0.1) is 0 Å². The standard InChI is InChI=1S/C15H8F6N2O3/c16-14(17,18)7-23-11-5-9(6-22-12(11)25-13(23)24)8-1-3-10(4-2-8)26-15(19,20)21/h1-6H,7H2. The smallest absolute Gasteiger partial charge is 0.406 e. The predicted octanol–water partition coefficient (Wildman–Crippen LogP) is 4.12. The molecule has 2 aromatic heterocycles. The molecule has 0 unspecified atom stereocenters. The van der Waals surface area contributed by atoms with Gasteiger partial charge in [-0.15, -0.1) is 13.2 Å². The second kappa shape index (κ2) is 6.07. The minimum Gasteiger partial charge on any atom is -0.406 e. The molecule has 0 aliphatic rings. The number of fused-ring (bicyclic) bond motifs is 1. The number of oxazole rings is 1. The molecule has 0 aliphatic heterocycles. The first kappa shape index (κ1) is 17.8. The van der Waals surface area contributed by atoms with Crippen molar-refractivity contribution in [3.05, 3.63) is 47.1 Å². The van der Waals surface area contributed by atoms with E-state index in [1.165, 1.54) is 24.4 Å². The Labute approximate surface area is 140 Å². The van der Waals surface area contributed by atoms with Gasteiger partial charge < -0.3 is 9.15 Å². The van der Waals surface area contributed by atoms with Crippen molar-refractivity contribution in [3.63, 3.8) is 0 Å². The highest BCUT2D eigenvalue weighted by Crippen LogP contribution is 2.28. The van der Waals surface area contributed by atoms with Crippen LogP contribution in [0.15, 0.2) is 45.7 Å². The Balaban J connectivity index is 1.98. The van der Waals surface area contributed by atoms with E-state index in [-0.39, 0.29) is 16.8 Å². The number of halogens is 6. The Morgan fingerprint density at radius 1 is 1.04 bits per heavy atom. The monoisotopic (exact) mass is 378 g/mol. The first-order valence-corrected chi connectivity index (χ1v) is 6.94. The van der Waals surface area contributed by atoms with Crippen LogP contribution in [0.5, 0.6) is 5.75 Å². The third-order valence-corrected chi connectivity index (χ3v) is 3.29. The fourth-order valence-corrected chi connectivity index (χ4v) is 2.28. The minimum atomic E-state index is -4.84. The van der Waals surface area contributed by atoms with E-state index >= 15 is 0 Å². The lowest BCUT2D eigenvalue weighted by atomic mass is 10.1. The molecular formula is C15H8F6N2O3. The summed E-state index contributed by atoms with van der Waals surface area (Å²) in [6, 6.07) is 5.88. The summed E-state index contributed by atoms with van der Waals surface area (Å²) in [4.78, 5) is 15.4. The molecule has 138 valence electrons. The molecule has 2 heterocycles. The molecule has 0 fully saturated rings. The van der Waals surface area contributed by atoms with Gasteiger partial charge in [-0.1, -0.05) is 12.1 Å². The number of hydrogen-bond acceptors (Lipinski definition) is 4. The normalized spacial score (nSPS) is 12.5. The predicted molar refractivity (Wildman–Crippen MR) is 76.4 cm³/mol. The van der Waals surface area contributed by atoms with Crippen molar-refractivity contribution in [2.75, 3.05) is 0 Å². The first-order chi connectivity index (χ1) is 12.0. The summed E-state index contributed by atoms with van der Waals surface area (Å²) >= 11 is 0. The molecule has 0 N–H and O–H groups in total. The van der Waals surface area contributed by atoms with Gasteiger partial charge in [-0.3, -0.25) is 4.57 Å². The average Bonchev–Trinajstić information content (AvgIpc) is 2.80. The van der Waals surface area contributed by atoms with Gasteiger partial charge in [0, 0.05) is 11.8 Å². The zero-order valence-corrected chi connectivity index (χ0v) is 12.6. The highest BCUT2D eigenvalue weighted by atomic mass is 19.4. The summed E-state index contributed by atoms with van der Waals surface area (Å²) < 4.78 is 83.1. The average molecular weight is 378 g/mol. The molecule has 3 aromatic rings. The fraction of sp³-hybridized carbons (Fsp3) is 0.200. The summed E-state index contributed by atoms with van der Waals surface area (Å²) in [5.74, 6) is -1.66. The number of nitrogens with zero attached hydrogens (tertiary/aromatic N) is 2. The highest BCUT2D eigenvalue weighted by molar-refractivity contribution is 5.77. The van der Waals surface area contributed by atoms with Crippen molar-refractivity contribution in [2.45, 2.75) is 19.1 Å². The van der Waals surface area contributed by atoms with Crippen LogP contribution < -0.4 is 10.5 Å². The van der Waals surface area contributed by atoms with Crippen LogP contribution in [-0.2, 0) is 6.54 Å². The molecule has 5 nitrogen and oxygen atoms in total.